The summed E-state index contributed by atoms with van der Waals surface area (Å²) in [6, 6.07) is 28.2. The number of alkyl carbamates (subject to hydrolysis) is 1. The average Bonchev–Trinajstić information content (AvgIpc) is 3.70. The summed E-state index contributed by atoms with van der Waals surface area (Å²) in [5.74, 6) is -0.268. The number of aliphatic hydroxyl groups excluding tert-OH is 1. The molecule has 47 heavy (non-hydrogen) atoms. The molecule has 242 valence electrons. The monoisotopic (exact) mass is 655 g/mol. The van der Waals surface area contributed by atoms with Crippen LogP contribution in [0.4, 0.5) is 10.6 Å². The van der Waals surface area contributed by atoms with Crippen LogP contribution in [0.25, 0.3) is 11.2 Å². The van der Waals surface area contributed by atoms with Gasteiger partial charge in [-0.3, -0.25) is 10.0 Å². The number of benzene rings is 3. The summed E-state index contributed by atoms with van der Waals surface area (Å²) >= 11 is 6.38. The highest BCUT2D eigenvalue weighted by atomic mass is 35.5. The predicted molar refractivity (Wildman–Crippen MR) is 175 cm³/mol. The van der Waals surface area contributed by atoms with Crippen LogP contribution in [0.2, 0.25) is 5.28 Å². The minimum absolute atomic E-state index is 0.00551. The first-order chi connectivity index (χ1) is 22.9. The second kappa shape index (κ2) is 14.6. The van der Waals surface area contributed by atoms with E-state index in [1.54, 1.807) is 10.9 Å². The molecule has 1 aliphatic rings. The van der Waals surface area contributed by atoms with Gasteiger partial charge in [0.2, 0.25) is 5.28 Å². The molecule has 3 aromatic carbocycles. The van der Waals surface area contributed by atoms with E-state index in [0.29, 0.717) is 28.6 Å². The molecule has 1 saturated carbocycles. The van der Waals surface area contributed by atoms with Gasteiger partial charge in [0.05, 0.1) is 24.5 Å². The summed E-state index contributed by atoms with van der Waals surface area (Å²) < 4.78 is 6.82. The first-order valence-corrected chi connectivity index (χ1v) is 15.6. The van der Waals surface area contributed by atoms with Gasteiger partial charge in [0.1, 0.15) is 13.2 Å². The lowest BCUT2D eigenvalue weighted by molar-refractivity contribution is -0.174. The molecule has 2 heterocycles. The van der Waals surface area contributed by atoms with Crippen LogP contribution < -0.4 is 10.6 Å². The van der Waals surface area contributed by atoms with Gasteiger partial charge in [-0.05, 0) is 41.1 Å². The van der Waals surface area contributed by atoms with Crippen molar-refractivity contribution < 1.29 is 24.6 Å². The van der Waals surface area contributed by atoms with Gasteiger partial charge in [0, 0.05) is 12.5 Å². The minimum atomic E-state index is -0.922. The van der Waals surface area contributed by atoms with Crippen LogP contribution in [-0.4, -0.2) is 72.1 Å². The summed E-state index contributed by atoms with van der Waals surface area (Å²) in [6.07, 6.45) is 0.155. The van der Waals surface area contributed by atoms with Crippen LogP contribution in [0.3, 0.4) is 0 Å². The Morgan fingerprint density at radius 3 is 2.26 bits per heavy atom. The zero-order chi connectivity index (χ0) is 32.8. The molecule has 0 spiro atoms. The number of rotatable bonds is 11. The minimum Gasteiger partial charge on any atom is -0.445 e. The fourth-order valence-corrected chi connectivity index (χ4v) is 6.09. The van der Waals surface area contributed by atoms with E-state index in [9.17, 15) is 19.9 Å². The summed E-state index contributed by atoms with van der Waals surface area (Å²) in [7, 11) is 0. The highest BCUT2D eigenvalue weighted by Gasteiger charge is 2.40. The Labute approximate surface area is 276 Å². The number of carbonyl (C=O) groups is 2. The van der Waals surface area contributed by atoms with Crippen molar-refractivity contribution in [3.05, 3.63) is 119 Å². The molecule has 3 atom stereocenters. The van der Waals surface area contributed by atoms with E-state index in [1.165, 1.54) is 0 Å². The summed E-state index contributed by atoms with van der Waals surface area (Å²) in [5, 5.41) is 28.0. The number of nitrogens with one attached hydrogen (secondary N) is 2. The molecule has 2 amide bonds. The van der Waals surface area contributed by atoms with E-state index in [4.69, 9.17) is 16.3 Å². The van der Waals surface area contributed by atoms with Gasteiger partial charge in [0.25, 0.3) is 5.91 Å². The maximum atomic E-state index is 12.7. The number of anilines is 1. The Bertz CT molecular complexity index is 1770. The normalized spacial score (nSPS) is 17.5. The number of hydroxylamine groups is 2. The number of hydrogen-bond acceptors (Lipinski definition) is 9. The van der Waals surface area contributed by atoms with Crippen molar-refractivity contribution in [2.75, 3.05) is 18.4 Å². The lowest BCUT2D eigenvalue weighted by atomic mass is 9.91. The zero-order valence-electron chi connectivity index (χ0n) is 25.3. The van der Waals surface area contributed by atoms with Crippen molar-refractivity contribution >= 4 is 40.6 Å². The topological polar surface area (TPSA) is 155 Å². The zero-order valence-corrected chi connectivity index (χ0v) is 26.1. The molecular weight excluding hydrogens is 622 g/mol. The Morgan fingerprint density at radius 2 is 1.60 bits per heavy atom. The van der Waals surface area contributed by atoms with E-state index in [0.717, 1.165) is 16.7 Å². The van der Waals surface area contributed by atoms with Crippen molar-refractivity contribution in [3.63, 3.8) is 0 Å². The van der Waals surface area contributed by atoms with Crippen molar-refractivity contribution in [1.29, 1.82) is 0 Å². The third-order valence-corrected chi connectivity index (χ3v) is 8.47. The van der Waals surface area contributed by atoms with Crippen molar-refractivity contribution in [3.8, 4) is 0 Å². The molecule has 12 nitrogen and oxygen atoms in total. The molecule has 5 aromatic rings. The summed E-state index contributed by atoms with van der Waals surface area (Å²) in [6.45, 7) is 0.0809. The number of halogens is 1. The largest absolute Gasteiger partial charge is 0.445 e. The molecule has 13 heteroatoms. The molecule has 6 rings (SSSR count). The number of imidazole rings is 1. The number of fused-ring (bicyclic) bond motifs is 1. The first kappa shape index (κ1) is 31.9. The molecule has 2 aromatic heterocycles. The fourth-order valence-electron chi connectivity index (χ4n) is 5.93. The average molecular weight is 656 g/mol. The maximum Gasteiger partial charge on any atom is 0.407 e. The Balaban J connectivity index is 1.11. The number of aliphatic hydroxyl groups is 1. The van der Waals surface area contributed by atoms with E-state index in [1.807, 2.05) is 66.7 Å². The van der Waals surface area contributed by atoms with E-state index in [-0.39, 0.29) is 30.7 Å². The third kappa shape index (κ3) is 7.51. The highest BCUT2D eigenvalue weighted by molar-refractivity contribution is 6.28. The molecule has 1 fully saturated rings. The fraction of sp³-hybridized carbons (Fsp3) is 0.265. The molecule has 0 bridgehead atoms. The maximum absolute atomic E-state index is 12.7. The lowest BCUT2D eigenvalue weighted by Gasteiger charge is -2.22. The van der Waals surface area contributed by atoms with Crippen LogP contribution in [-0.2, 0) is 16.1 Å². The number of ether oxygens (including phenoxy) is 1. The van der Waals surface area contributed by atoms with Gasteiger partial charge in [-0.2, -0.15) is 9.97 Å². The quantitative estimate of drug-likeness (QED) is 0.0881. The van der Waals surface area contributed by atoms with Gasteiger partial charge in [-0.25, -0.2) is 14.8 Å². The SMILES string of the molecule is O=C(NCC(=O)N(O)C1C[C@@H](n2cnc3c(NCC(c4ccccc4)c4ccccc4)nc(Cl)nc32)[C@@H](O)C1)OCc1ccccc1. The first-order valence-electron chi connectivity index (χ1n) is 15.2. The Kier molecular flexibility index (Phi) is 9.91. The van der Waals surface area contributed by atoms with Crippen LogP contribution in [0.5, 0.6) is 0 Å². The van der Waals surface area contributed by atoms with Gasteiger partial charge >= 0.3 is 6.09 Å². The lowest BCUT2D eigenvalue weighted by Crippen LogP contribution is -2.43. The van der Waals surface area contributed by atoms with Crippen molar-refractivity contribution in [2.45, 2.75) is 43.6 Å². The second-order valence-electron chi connectivity index (χ2n) is 11.3. The summed E-state index contributed by atoms with van der Waals surface area (Å²) in [5.41, 5.74) is 3.95. The molecule has 1 aliphatic carbocycles. The van der Waals surface area contributed by atoms with Crippen molar-refractivity contribution in [2.24, 2.45) is 0 Å². The van der Waals surface area contributed by atoms with Crippen LogP contribution in [0.1, 0.15) is 41.5 Å². The number of hydrogen-bond donors (Lipinski definition) is 4. The molecule has 4 N–H and O–H groups in total. The predicted octanol–water partition coefficient (Wildman–Crippen LogP) is 4.93. The number of nitrogens with zero attached hydrogens (tertiary/aromatic N) is 5. The third-order valence-electron chi connectivity index (χ3n) is 8.30. The summed E-state index contributed by atoms with van der Waals surface area (Å²) in [4.78, 5) is 38.2. The molecular formula is C34H34ClN7O5. The number of aromatic nitrogens is 4. The van der Waals surface area contributed by atoms with Crippen LogP contribution in [0.15, 0.2) is 97.3 Å². The smallest absolute Gasteiger partial charge is 0.407 e. The van der Waals surface area contributed by atoms with Gasteiger partial charge in [0.15, 0.2) is 17.0 Å². The Morgan fingerprint density at radius 1 is 0.957 bits per heavy atom. The second-order valence-corrected chi connectivity index (χ2v) is 11.7. The molecule has 0 radical (unpaired) electrons. The van der Waals surface area contributed by atoms with Gasteiger partial charge in [-0.15, -0.1) is 0 Å². The standard InChI is InChI=1S/C34H34ClN7O5/c35-33-39-31(36-18-26(23-12-6-2-7-13-23)24-14-8-3-9-15-24)30-32(40-33)41(21-38-30)27-16-25(17-28(27)43)42(46)29(44)19-37-34(45)47-20-22-10-4-1-5-11-22/h1-15,21,25-28,43,46H,16-20H2,(H,37,45)(H,36,39,40)/t25?,27-,28+/m1/s1. The number of amides is 2. The highest BCUT2D eigenvalue weighted by Crippen LogP contribution is 2.36. The van der Waals surface area contributed by atoms with Crippen LogP contribution >= 0.6 is 11.6 Å². The molecule has 0 aliphatic heterocycles. The van der Waals surface area contributed by atoms with E-state index in [2.05, 4.69) is 49.9 Å². The molecule has 0 saturated heterocycles. The van der Waals surface area contributed by atoms with Crippen molar-refractivity contribution in [1.82, 2.24) is 29.9 Å². The van der Waals surface area contributed by atoms with Crippen LogP contribution in [0, 0.1) is 0 Å². The van der Waals surface area contributed by atoms with Gasteiger partial charge in [-0.1, -0.05) is 91.0 Å². The Hall–Kier alpha value is -5.04. The van der Waals surface area contributed by atoms with E-state index < -0.39 is 36.7 Å². The molecule has 1 unspecified atom stereocenters. The van der Waals surface area contributed by atoms with E-state index >= 15 is 0 Å². The number of carbonyl (C=O) groups excluding carboxylic acids is 2. The van der Waals surface area contributed by atoms with Gasteiger partial charge < -0.3 is 25.0 Å².